The van der Waals surface area contributed by atoms with Crippen molar-refractivity contribution >= 4 is 40.9 Å². The second-order valence-electron chi connectivity index (χ2n) is 16.4. The normalized spacial score (nSPS) is 22.0. The molecule has 5 aliphatic rings. The average Bonchev–Trinajstić information content (AvgIpc) is 3.98. The Morgan fingerprint density at radius 3 is 2.32 bits per heavy atom. The quantitative estimate of drug-likeness (QED) is 0.220. The summed E-state index contributed by atoms with van der Waals surface area (Å²) in [4.78, 5) is 70.4. The van der Waals surface area contributed by atoms with E-state index in [-0.39, 0.29) is 35.8 Å². The zero-order chi connectivity index (χ0) is 41.1. The maximum Gasteiger partial charge on any atom is 0.262 e. The number of piperidine rings is 2. The van der Waals surface area contributed by atoms with Gasteiger partial charge in [-0.15, -0.1) is 5.10 Å². The van der Waals surface area contributed by atoms with Crippen LogP contribution in [-0.2, 0) is 16.1 Å². The van der Waals surface area contributed by atoms with E-state index >= 15 is 4.39 Å². The average molecular weight is 815 g/mol. The molecule has 2 atom stereocenters. The molecule has 1 N–H and O–H groups in total. The van der Waals surface area contributed by atoms with E-state index in [9.17, 15) is 23.6 Å². The lowest BCUT2D eigenvalue weighted by molar-refractivity contribution is -0.136. The fourth-order valence-corrected chi connectivity index (χ4v) is 9.69. The smallest absolute Gasteiger partial charge is 0.262 e. The fraction of sp³-hybridized carbons (Fsp3) is 0.386. The summed E-state index contributed by atoms with van der Waals surface area (Å²) in [5, 5.41) is 7.21. The first-order valence-electron chi connectivity index (χ1n) is 20.8. The van der Waals surface area contributed by atoms with Crippen LogP contribution in [0.25, 0.3) is 17.0 Å². The molecule has 10 rings (SSSR count). The molecule has 4 saturated heterocycles. The molecule has 0 aliphatic carbocycles. The summed E-state index contributed by atoms with van der Waals surface area (Å²) in [5.41, 5.74) is 3.63. The number of amides is 4. The molecule has 4 fully saturated rings. The zero-order valence-electron chi connectivity index (χ0n) is 33.0. The van der Waals surface area contributed by atoms with Crippen molar-refractivity contribution in [3.05, 3.63) is 107 Å². The van der Waals surface area contributed by atoms with E-state index in [2.05, 4.69) is 29.9 Å². The number of nitrogens with one attached hydrogen (secondary N) is 1. The van der Waals surface area contributed by atoms with Gasteiger partial charge in [0.2, 0.25) is 11.8 Å². The Bertz CT molecular complexity index is 2530. The first-order valence-corrected chi connectivity index (χ1v) is 20.8. The Hall–Kier alpha value is -6.13. The van der Waals surface area contributed by atoms with Gasteiger partial charge < -0.3 is 9.80 Å². The van der Waals surface area contributed by atoms with Crippen molar-refractivity contribution in [3.63, 3.8) is 0 Å². The van der Waals surface area contributed by atoms with Crippen molar-refractivity contribution in [2.45, 2.75) is 63.2 Å². The number of pyridine rings is 1. The number of carbonyl (C=O) groups excluding carboxylic acids is 4. The van der Waals surface area contributed by atoms with Crippen molar-refractivity contribution in [2.24, 2.45) is 0 Å². The molecule has 1 unspecified atom stereocenters. The topological polar surface area (TPSA) is 140 Å². The Morgan fingerprint density at radius 1 is 0.750 bits per heavy atom. The number of likely N-dealkylation sites (tertiary alicyclic amines) is 1. The number of anilines is 2. The van der Waals surface area contributed by atoms with Crippen LogP contribution in [0.1, 0.15) is 76.4 Å². The van der Waals surface area contributed by atoms with E-state index in [0.29, 0.717) is 18.2 Å². The van der Waals surface area contributed by atoms with Gasteiger partial charge in [0.05, 0.1) is 29.1 Å². The van der Waals surface area contributed by atoms with E-state index < -0.39 is 35.5 Å². The number of fused-ring (bicyclic) bond motifs is 2. The lowest BCUT2D eigenvalue weighted by Gasteiger charge is -2.43. The van der Waals surface area contributed by atoms with Gasteiger partial charge in [-0.25, -0.2) is 23.3 Å². The fourth-order valence-electron chi connectivity index (χ4n) is 9.69. The van der Waals surface area contributed by atoms with E-state index in [4.69, 9.17) is 10.1 Å². The maximum atomic E-state index is 15.4. The van der Waals surface area contributed by atoms with Crippen LogP contribution in [0.3, 0.4) is 0 Å². The number of hydrogen-bond acceptors (Lipinski definition) is 11. The van der Waals surface area contributed by atoms with E-state index in [1.54, 1.807) is 12.1 Å². The van der Waals surface area contributed by atoms with Crippen LogP contribution in [0, 0.1) is 11.6 Å². The van der Waals surface area contributed by atoms with Crippen LogP contribution in [0.4, 0.5) is 20.4 Å². The van der Waals surface area contributed by atoms with Crippen LogP contribution in [0.15, 0.2) is 72.9 Å². The molecule has 308 valence electrons. The predicted molar refractivity (Wildman–Crippen MR) is 217 cm³/mol. The highest BCUT2D eigenvalue weighted by molar-refractivity contribution is 6.23. The van der Waals surface area contributed by atoms with Gasteiger partial charge in [-0.1, -0.05) is 18.2 Å². The number of aromatic nitrogens is 4. The molecule has 0 radical (unpaired) electrons. The summed E-state index contributed by atoms with van der Waals surface area (Å²) in [5.74, 6) is -1.57. The minimum absolute atomic E-state index is 0.0208. The minimum Gasteiger partial charge on any atom is -0.354 e. The highest BCUT2D eigenvalue weighted by Gasteiger charge is 2.45. The van der Waals surface area contributed by atoms with Crippen molar-refractivity contribution < 1.29 is 28.0 Å². The van der Waals surface area contributed by atoms with Gasteiger partial charge in [0.25, 0.3) is 11.8 Å². The molecule has 0 spiro atoms. The molecular weight excluding hydrogens is 771 g/mol. The predicted octanol–water partition coefficient (Wildman–Crippen LogP) is 4.60. The number of imidazole rings is 1. The lowest BCUT2D eigenvalue weighted by Crippen LogP contribution is -2.54. The summed E-state index contributed by atoms with van der Waals surface area (Å²) >= 11 is 0. The van der Waals surface area contributed by atoms with Crippen LogP contribution < -0.4 is 15.1 Å². The van der Waals surface area contributed by atoms with Crippen LogP contribution in [0.2, 0.25) is 0 Å². The number of rotatable bonds is 8. The van der Waals surface area contributed by atoms with Crippen molar-refractivity contribution in [2.75, 3.05) is 55.6 Å². The SMILES string of the molecule is O=C1CCC(N2C(=O)c3cc(F)c(CN4CCC(N5CCN(c6cccc(-c7cnc8ccc(N9CCC[C@@H]9c9cccc(F)c9)nn78)n6)CC5)CC4)cc3C2=O)C(=O)N1. The highest BCUT2D eigenvalue weighted by Crippen LogP contribution is 2.36. The molecule has 5 aliphatic heterocycles. The summed E-state index contributed by atoms with van der Waals surface area (Å²) in [6, 6.07) is 18.7. The van der Waals surface area contributed by atoms with Gasteiger partial charge in [0.15, 0.2) is 5.65 Å². The monoisotopic (exact) mass is 814 g/mol. The molecule has 8 heterocycles. The molecule has 0 saturated carbocycles. The number of hydrogen-bond donors (Lipinski definition) is 1. The lowest BCUT2D eigenvalue weighted by atomic mass is 10.00. The summed E-state index contributed by atoms with van der Waals surface area (Å²) in [6.45, 7) is 6.09. The first kappa shape index (κ1) is 38.1. The van der Waals surface area contributed by atoms with Gasteiger partial charge in [-0.3, -0.25) is 39.2 Å². The Morgan fingerprint density at radius 2 is 1.53 bits per heavy atom. The van der Waals surface area contributed by atoms with Gasteiger partial charge in [0, 0.05) is 57.3 Å². The Labute approximate surface area is 344 Å². The van der Waals surface area contributed by atoms with Crippen molar-refractivity contribution in [3.8, 4) is 11.4 Å². The first-order chi connectivity index (χ1) is 29.2. The van der Waals surface area contributed by atoms with E-state index in [1.807, 2.05) is 47.1 Å². The second kappa shape index (κ2) is 15.5. The zero-order valence-corrected chi connectivity index (χ0v) is 33.0. The standard InChI is InChI=1S/C44H44F2N10O4/c45-29-5-1-4-27(22-29)35-7-3-15-54(35)40-11-10-38-47-25-37(56(38)50-40)34-6-2-8-39(48-34)53-20-18-52(19-21-53)30-13-16-51(17-14-30)26-28-23-31-32(24-33(28)46)44(60)55(43(31)59)36-9-12-41(57)49-42(36)58/h1-2,4-6,8,10-11,22-25,30,35-36H,3,7,9,12-21,26H2,(H,49,57,58)/t35-,36?/m1/s1. The molecule has 4 amide bonds. The minimum atomic E-state index is -1.09. The van der Waals surface area contributed by atoms with Gasteiger partial charge in [-0.2, -0.15) is 0 Å². The molecule has 0 bridgehead atoms. The molecule has 16 heteroatoms. The van der Waals surface area contributed by atoms with Crippen LogP contribution in [-0.4, -0.2) is 116 Å². The maximum absolute atomic E-state index is 15.4. The van der Waals surface area contributed by atoms with Crippen molar-refractivity contribution in [1.29, 1.82) is 0 Å². The van der Waals surface area contributed by atoms with Crippen LogP contribution >= 0.6 is 0 Å². The van der Waals surface area contributed by atoms with Crippen LogP contribution in [0.5, 0.6) is 0 Å². The number of carbonyl (C=O) groups is 4. The number of imide groups is 2. The third kappa shape index (κ3) is 6.96. The number of benzene rings is 2. The van der Waals surface area contributed by atoms with E-state index in [1.165, 1.54) is 12.1 Å². The molecular formula is C44H44F2N10O4. The number of nitrogens with zero attached hydrogens (tertiary/aromatic N) is 9. The number of piperazine rings is 1. The van der Waals surface area contributed by atoms with E-state index in [0.717, 1.165) is 117 Å². The summed E-state index contributed by atoms with van der Waals surface area (Å²) < 4.78 is 31.4. The Kier molecular flexibility index (Phi) is 9.83. The highest BCUT2D eigenvalue weighted by atomic mass is 19.1. The van der Waals surface area contributed by atoms with Gasteiger partial charge in [0.1, 0.15) is 35.0 Å². The van der Waals surface area contributed by atoms with Gasteiger partial charge in [-0.05, 0) is 99.3 Å². The molecule has 2 aromatic carbocycles. The Balaban J connectivity index is 0.755. The molecule has 3 aromatic heterocycles. The largest absolute Gasteiger partial charge is 0.354 e. The third-order valence-electron chi connectivity index (χ3n) is 12.8. The van der Waals surface area contributed by atoms with Crippen molar-refractivity contribution in [1.82, 2.24) is 39.6 Å². The molecule has 60 heavy (non-hydrogen) atoms. The van der Waals surface area contributed by atoms with Gasteiger partial charge >= 0.3 is 0 Å². The molecule has 5 aromatic rings. The summed E-state index contributed by atoms with van der Waals surface area (Å²) in [6.07, 6.45) is 5.65. The second-order valence-corrected chi connectivity index (χ2v) is 16.4. The number of halogens is 2. The summed E-state index contributed by atoms with van der Waals surface area (Å²) in [7, 11) is 0. The molecule has 14 nitrogen and oxygen atoms in total. The third-order valence-corrected chi connectivity index (χ3v) is 12.8.